The Morgan fingerprint density at radius 1 is 1.00 bits per heavy atom. The molecule has 0 fully saturated rings. The maximum absolute atomic E-state index is 11.9. The van der Waals surface area contributed by atoms with E-state index in [0.717, 1.165) is 24.1 Å². The molecular formula is C20H21NO3. The van der Waals surface area contributed by atoms with Gasteiger partial charge in [-0.15, -0.1) is 0 Å². The first-order chi connectivity index (χ1) is 11.6. The Morgan fingerprint density at radius 2 is 1.58 bits per heavy atom. The van der Waals surface area contributed by atoms with Crippen LogP contribution in [0.15, 0.2) is 72.8 Å². The van der Waals surface area contributed by atoms with Gasteiger partial charge in [0, 0.05) is 24.1 Å². The van der Waals surface area contributed by atoms with Crippen LogP contribution in [0.4, 0.5) is 0 Å². The van der Waals surface area contributed by atoms with Crippen molar-refractivity contribution < 1.29 is 14.7 Å². The van der Waals surface area contributed by atoms with E-state index >= 15 is 0 Å². The van der Waals surface area contributed by atoms with E-state index in [-0.39, 0.29) is 12.0 Å². The Kier molecular flexibility index (Phi) is 6.32. The fraction of sp³-hybridized carbons (Fsp3) is 0.200. The zero-order chi connectivity index (χ0) is 17.4. The van der Waals surface area contributed by atoms with E-state index in [1.807, 2.05) is 55.5 Å². The first kappa shape index (κ1) is 17.5. The van der Waals surface area contributed by atoms with E-state index in [0.29, 0.717) is 0 Å². The second-order valence-electron chi connectivity index (χ2n) is 5.68. The molecule has 0 aliphatic carbocycles. The first-order valence-corrected chi connectivity index (χ1v) is 7.86. The van der Waals surface area contributed by atoms with Crippen molar-refractivity contribution in [3.05, 3.63) is 83.9 Å². The van der Waals surface area contributed by atoms with Crippen LogP contribution in [0.3, 0.4) is 0 Å². The molecule has 0 aromatic heterocycles. The molecule has 2 rings (SSSR count). The second kappa shape index (κ2) is 8.67. The summed E-state index contributed by atoms with van der Waals surface area (Å²) < 4.78 is 0. The highest BCUT2D eigenvalue weighted by Crippen LogP contribution is 2.24. The number of nitrogens with one attached hydrogen (secondary N) is 1. The van der Waals surface area contributed by atoms with Crippen molar-refractivity contribution in [2.75, 3.05) is 0 Å². The van der Waals surface area contributed by atoms with Crippen LogP contribution in [0.1, 0.15) is 24.0 Å². The fourth-order valence-electron chi connectivity index (χ4n) is 2.67. The summed E-state index contributed by atoms with van der Waals surface area (Å²) in [6, 6.07) is 20.0. The third kappa shape index (κ3) is 5.39. The number of hydrogen-bond acceptors (Lipinski definition) is 2. The van der Waals surface area contributed by atoms with Gasteiger partial charge in [-0.3, -0.25) is 4.79 Å². The van der Waals surface area contributed by atoms with E-state index in [2.05, 4.69) is 17.4 Å². The standard InChI is InChI=1S/C20H21NO3/c1-15(21-19(22)12-13-20(23)24)18(17-10-6-3-7-11-17)14-16-8-4-2-5-9-16/h2-13,15,18H,14H2,1H3,(H,21,22)(H,23,24)/b13-12+/t15-,18-/m0/s1. The Hall–Kier alpha value is -2.88. The molecule has 2 N–H and O–H groups in total. The number of hydrogen-bond donors (Lipinski definition) is 2. The van der Waals surface area contributed by atoms with Gasteiger partial charge in [0.15, 0.2) is 0 Å². The van der Waals surface area contributed by atoms with Crippen molar-refractivity contribution in [3.63, 3.8) is 0 Å². The number of carbonyl (C=O) groups is 2. The summed E-state index contributed by atoms with van der Waals surface area (Å²) in [6.07, 6.45) is 2.68. The molecule has 0 radical (unpaired) electrons. The molecule has 4 heteroatoms. The molecule has 0 aliphatic heterocycles. The number of rotatable bonds is 7. The Balaban J connectivity index is 2.16. The topological polar surface area (TPSA) is 66.4 Å². The highest BCUT2D eigenvalue weighted by atomic mass is 16.4. The van der Waals surface area contributed by atoms with E-state index in [1.54, 1.807) is 0 Å². The lowest BCUT2D eigenvalue weighted by Crippen LogP contribution is -2.37. The summed E-state index contributed by atoms with van der Waals surface area (Å²) in [4.78, 5) is 22.4. The van der Waals surface area contributed by atoms with Crippen molar-refractivity contribution >= 4 is 11.9 Å². The van der Waals surface area contributed by atoms with E-state index in [1.165, 1.54) is 5.56 Å². The normalized spacial score (nSPS) is 13.4. The van der Waals surface area contributed by atoms with Gasteiger partial charge in [-0.25, -0.2) is 4.79 Å². The van der Waals surface area contributed by atoms with Gasteiger partial charge in [0.05, 0.1) is 0 Å². The second-order valence-corrected chi connectivity index (χ2v) is 5.68. The van der Waals surface area contributed by atoms with Crippen molar-refractivity contribution in [2.45, 2.75) is 25.3 Å². The third-order valence-electron chi connectivity index (χ3n) is 3.88. The first-order valence-electron chi connectivity index (χ1n) is 7.86. The molecule has 1 amide bonds. The van der Waals surface area contributed by atoms with Gasteiger partial charge in [-0.05, 0) is 24.5 Å². The van der Waals surface area contributed by atoms with Crippen LogP contribution < -0.4 is 5.32 Å². The molecule has 0 bridgehead atoms. The van der Waals surface area contributed by atoms with Crippen LogP contribution >= 0.6 is 0 Å². The number of aliphatic carboxylic acids is 1. The molecule has 0 aliphatic rings. The number of carboxylic acid groups (broad SMARTS) is 1. The molecule has 0 saturated carbocycles. The predicted octanol–water partition coefficient (Wildman–Crippen LogP) is 3.16. The smallest absolute Gasteiger partial charge is 0.328 e. The zero-order valence-corrected chi connectivity index (χ0v) is 13.6. The summed E-state index contributed by atoms with van der Waals surface area (Å²) >= 11 is 0. The van der Waals surface area contributed by atoms with Crippen LogP contribution in [0.2, 0.25) is 0 Å². The molecule has 0 saturated heterocycles. The molecule has 2 atom stereocenters. The number of amides is 1. The summed E-state index contributed by atoms with van der Waals surface area (Å²) in [7, 11) is 0. The lowest BCUT2D eigenvalue weighted by atomic mass is 9.86. The molecule has 124 valence electrons. The van der Waals surface area contributed by atoms with Crippen LogP contribution in [0.5, 0.6) is 0 Å². The minimum atomic E-state index is -1.14. The fourth-order valence-corrected chi connectivity index (χ4v) is 2.67. The van der Waals surface area contributed by atoms with Crippen LogP contribution in [-0.2, 0) is 16.0 Å². The predicted molar refractivity (Wildman–Crippen MR) is 93.7 cm³/mol. The average Bonchev–Trinajstić information content (AvgIpc) is 2.59. The SMILES string of the molecule is C[C@H](NC(=O)/C=C/C(=O)O)[C@H](Cc1ccccc1)c1ccccc1. The van der Waals surface area contributed by atoms with Gasteiger partial charge in [0.1, 0.15) is 0 Å². The van der Waals surface area contributed by atoms with Gasteiger partial charge in [-0.2, -0.15) is 0 Å². The zero-order valence-electron chi connectivity index (χ0n) is 13.6. The Bertz CT molecular complexity index is 695. The lowest BCUT2D eigenvalue weighted by Gasteiger charge is -2.25. The summed E-state index contributed by atoms with van der Waals surface area (Å²) in [5.41, 5.74) is 2.32. The molecule has 2 aromatic rings. The summed E-state index contributed by atoms with van der Waals surface area (Å²) in [5, 5.41) is 11.5. The Morgan fingerprint density at radius 3 is 2.17 bits per heavy atom. The van der Waals surface area contributed by atoms with E-state index in [9.17, 15) is 9.59 Å². The third-order valence-corrected chi connectivity index (χ3v) is 3.88. The van der Waals surface area contributed by atoms with Crippen LogP contribution in [0, 0.1) is 0 Å². The highest BCUT2D eigenvalue weighted by Gasteiger charge is 2.20. The number of carbonyl (C=O) groups excluding carboxylic acids is 1. The number of benzene rings is 2. The molecule has 4 nitrogen and oxygen atoms in total. The van der Waals surface area contributed by atoms with Gasteiger partial charge in [-0.1, -0.05) is 60.7 Å². The highest BCUT2D eigenvalue weighted by molar-refractivity contribution is 5.94. The van der Waals surface area contributed by atoms with Gasteiger partial charge >= 0.3 is 5.97 Å². The quantitative estimate of drug-likeness (QED) is 0.769. The van der Waals surface area contributed by atoms with E-state index in [4.69, 9.17) is 5.11 Å². The van der Waals surface area contributed by atoms with Crippen molar-refractivity contribution in [2.24, 2.45) is 0 Å². The van der Waals surface area contributed by atoms with Crippen molar-refractivity contribution in [3.8, 4) is 0 Å². The maximum Gasteiger partial charge on any atom is 0.328 e. The number of carboxylic acids is 1. The van der Waals surface area contributed by atoms with E-state index < -0.39 is 11.9 Å². The molecular weight excluding hydrogens is 302 g/mol. The minimum absolute atomic E-state index is 0.0933. The van der Waals surface area contributed by atoms with Gasteiger partial charge in [0.25, 0.3) is 0 Å². The Labute approximate surface area is 141 Å². The largest absolute Gasteiger partial charge is 0.478 e. The molecule has 0 heterocycles. The monoisotopic (exact) mass is 323 g/mol. The van der Waals surface area contributed by atoms with Crippen LogP contribution in [0.25, 0.3) is 0 Å². The van der Waals surface area contributed by atoms with Crippen LogP contribution in [-0.4, -0.2) is 23.0 Å². The molecule has 0 spiro atoms. The molecule has 0 unspecified atom stereocenters. The minimum Gasteiger partial charge on any atom is -0.478 e. The van der Waals surface area contributed by atoms with Crippen molar-refractivity contribution in [1.29, 1.82) is 0 Å². The average molecular weight is 323 g/mol. The molecule has 2 aromatic carbocycles. The maximum atomic E-state index is 11.9. The lowest BCUT2D eigenvalue weighted by molar-refractivity contribution is -0.131. The van der Waals surface area contributed by atoms with Gasteiger partial charge < -0.3 is 10.4 Å². The van der Waals surface area contributed by atoms with Gasteiger partial charge in [0.2, 0.25) is 5.91 Å². The molecule has 24 heavy (non-hydrogen) atoms. The summed E-state index contributed by atoms with van der Waals surface area (Å²) in [6.45, 7) is 1.94. The summed E-state index contributed by atoms with van der Waals surface area (Å²) in [5.74, 6) is -1.45. The van der Waals surface area contributed by atoms with Crippen molar-refractivity contribution in [1.82, 2.24) is 5.32 Å².